The molecule has 0 aliphatic carbocycles. The van der Waals surface area contributed by atoms with Crippen LogP contribution in [-0.4, -0.2) is 39.1 Å². The molecule has 0 aromatic rings. The van der Waals surface area contributed by atoms with Crippen LogP contribution in [0.3, 0.4) is 0 Å². The molecule has 1 aliphatic heterocycles. The van der Waals surface area contributed by atoms with Crippen LogP contribution in [0.1, 0.15) is 26.7 Å². The van der Waals surface area contributed by atoms with Gasteiger partial charge in [-0.25, -0.2) is 0 Å². The van der Waals surface area contributed by atoms with Gasteiger partial charge in [-0.1, -0.05) is 0 Å². The number of hydrogen-bond donors (Lipinski definition) is 1. The molecule has 1 saturated heterocycles. The molecule has 1 rings (SSSR count). The number of ether oxygens (including phenoxy) is 1. The van der Waals surface area contributed by atoms with Gasteiger partial charge in [0.25, 0.3) is 0 Å². The van der Waals surface area contributed by atoms with Crippen LogP contribution < -0.4 is 0 Å². The lowest BCUT2D eigenvalue weighted by molar-refractivity contribution is 0.0986. The third-order valence-electron chi connectivity index (χ3n) is 2.40. The van der Waals surface area contributed by atoms with E-state index < -0.39 is 15.5 Å². The summed E-state index contributed by atoms with van der Waals surface area (Å²) >= 11 is 0. The Balaban J connectivity index is 2.55. The molecule has 78 valence electrons. The molecule has 0 spiro atoms. The predicted molar refractivity (Wildman–Crippen MR) is 53.1 cm³/mol. The number of rotatable bonds is 3. The number of hydrogen-bond acceptors (Lipinski definition) is 3. The Kier molecular flexibility index (Phi) is 3.88. The first kappa shape index (κ1) is 11.1. The van der Waals surface area contributed by atoms with Gasteiger partial charge in [0.1, 0.15) is 0 Å². The zero-order chi connectivity index (χ0) is 9.90. The van der Waals surface area contributed by atoms with Crippen molar-refractivity contribution >= 4 is 10.8 Å². The second kappa shape index (κ2) is 4.53. The van der Waals surface area contributed by atoms with Crippen molar-refractivity contribution in [3.63, 3.8) is 0 Å². The minimum absolute atomic E-state index is 0.0169. The second-order valence-electron chi connectivity index (χ2n) is 4.03. The molecular weight excluding hydrogens is 188 g/mol. The molecule has 4 heteroatoms. The van der Waals surface area contributed by atoms with Crippen molar-refractivity contribution in [2.45, 2.75) is 36.7 Å². The van der Waals surface area contributed by atoms with Crippen LogP contribution in [0.4, 0.5) is 0 Å². The fourth-order valence-electron chi connectivity index (χ4n) is 1.40. The van der Waals surface area contributed by atoms with Gasteiger partial charge in [0.05, 0.1) is 11.4 Å². The van der Waals surface area contributed by atoms with E-state index >= 15 is 0 Å². The van der Waals surface area contributed by atoms with Gasteiger partial charge in [-0.05, 0) is 26.7 Å². The Morgan fingerprint density at radius 1 is 1.46 bits per heavy atom. The fraction of sp³-hybridized carbons (Fsp3) is 1.00. The van der Waals surface area contributed by atoms with E-state index in [0.717, 1.165) is 12.8 Å². The Morgan fingerprint density at radius 2 is 2.00 bits per heavy atom. The average Bonchev–Trinajstić information content (AvgIpc) is 2.18. The summed E-state index contributed by atoms with van der Waals surface area (Å²) < 4.78 is 16.7. The molecule has 0 aromatic carbocycles. The molecule has 13 heavy (non-hydrogen) atoms. The summed E-state index contributed by atoms with van der Waals surface area (Å²) in [5, 5.41) is 9.28. The van der Waals surface area contributed by atoms with Gasteiger partial charge < -0.3 is 9.84 Å². The third-order valence-corrected chi connectivity index (χ3v) is 4.69. The highest BCUT2D eigenvalue weighted by Crippen LogP contribution is 2.22. The molecule has 3 nitrogen and oxygen atoms in total. The molecule has 0 saturated carbocycles. The first-order valence-corrected chi connectivity index (χ1v) is 5.88. The molecule has 1 fully saturated rings. The maximum absolute atomic E-state index is 11.9. The molecule has 1 heterocycles. The van der Waals surface area contributed by atoms with Crippen molar-refractivity contribution in [2.75, 3.05) is 19.8 Å². The zero-order valence-corrected chi connectivity index (χ0v) is 9.10. The van der Waals surface area contributed by atoms with E-state index in [1.807, 2.05) is 13.8 Å². The maximum Gasteiger partial charge on any atom is 0.0636 e. The van der Waals surface area contributed by atoms with Crippen LogP contribution in [0.15, 0.2) is 0 Å². The van der Waals surface area contributed by atoms with Gasteiger partial charge in [0, 0.05) is 29.3 Å². The van der Waals surface area contributed by atoms with E-state index in [0.29, 0.717) is 13.2 Å². The molecule has 0 radical (unpaired) electrons. The first-order chi connectivity index (χ1) is 6.08. The minimum atomic E-state index is -0.947. The molecule has 1 N–H and O–H groups in total. The Labute approximate surface area is 81.9 Å². The fourth-order valence-corrected chi connectivity index (χ4v) is 3.06. The van der Waals surface area contributed by atoms with Crippen molar-refractivity contribution in [3.05, 3.63) is 0 Å². The Morgan fingerprint density at radius 3 is 2.46 bits per heavy atom. The highest BCUT2D eigenvalue weighted by molar-refractivity contribution is 7.87. The lowest BCUT2D eigenvalue weighted by Gasteiger charge is -2.29. The van der Waals surface area contributed by atoms with Gasteiger partial charge in [-0.2, -0.15) is 0 Å². The Bertz CT molecular complexity index is 185. The highest BCUT2D eigenvalue weighted by atomic mass is 32.2. The maximum atomic E-state index is 11.9. The van der Waals surface area contributed by atoms with Crippen molar-refractivity contribution in [1.82, 2.24) is 0 Å². The van der Waals surface area contributed by atoms with Gasteiger partial charge in [-0.15, -0.1) is 0 Å². The molecule has 1 aliphatic rings. The van der Waals surface area contributed by atoms with Crippen molar-refractivity contribution in [3.8, 4) is 0 Å². The third kappa shape index (κ3) is 2.76. The Hall–Kier alpha value is 0.0700. The second-order valence-corrected chi connectivity index (χ2v) is 6.39. The largest absolute Gasteiger partial charge is 0.395 e. The summed E-state index contributed by atoms with van der Waals surface area (Å²) in [7, 11) is -0.947. The summed E-state index contributed by atoms with van der Waals surface area (Å²) in [6.07, 6.45) is 1.71. The van der Waals surface area contributed by atoms with E-state index in [1.54, 1.807) is 0 Å². The molecule has 0 bridgehead atoms. The van der Waals surface area contributed by atoms with Crippen LogP contribution in [0.2, 0.25) is 0 Å². The molecule has 1 unspecified atom stereocenters. The van der Waals surface area contributed by atoms with Gasteiger partial charge in [-0.3, -0.25) is 4.21 Å². The lowest BCUT2D eigenvalue weighted by Crippen LogP contribution is -2.39. The molecule has 1 atom stereocenters. The van der Waals surface area contributed by atoms with Crippen LogP contribution in [0, 0.1) is 0 Å². The number of aliphatic hydroxyl groups excluding tert-OH is 1. The van der Waals surface area contributed by atoms with E-state index in [1.165, 1.54) is 0 Å². The normalized spacial score (nSPS) is 23.0. The van der Waals surface area contributed by atoms with Crippen LogP contribution >= 0.6 is 0 Å². The predicted octanol–water partition coefficient (Wildman–Crippen LogP) is 0.685. The van der Waals surface area contributed by atoms with E-state index in [2.05, 4.69) is 0 Å². The lowest BCUT2D eigenvalue weighted by atomic mass is 10.2. The quantitative estimate of drug-likeness (QED) is 0.739. The summed E-state index contributed by atoms with van der Waals surface area (Å²) in [6, 6.07) is 0. The van der Waals surface area contributed by atoms with Crippen LogP contribution in [0.5, 0.6) is 0 Å². The first-order valence-electron chi connectivity index (χ1n) is 4.67. The van der Waals surface area contributed by atoms with Gasteiger partial charge in [0.2, 0.25) is 0 Å². The van der Waals surface area contributed by atoms with Crippen LogP contribution in [0.25, 0.3) is 0 Å². The van der Waals surface area contributed by atoms with Crippen LogP contribution in [-0.2, 0) is 15.5 Å². The summed E-state index contributed by atoms with van der Waals surface area (Å²) in [5.74, 6) is 0. The average molecular weight is 206 g/mol. The molecule has 0 amide bonds. The summed E-state index contributed by atoms with van der Waals surface area (Å²) in [4.78, 5) is 0. The van der Waals surface area contributed by atoms with E-state index in [4.69, 9.17) is 9.84 Å². The summed E-state index contributed by atoms with van der Waals surface area (Å²) in [5.41, 5.74) is 0. The van der Waals surface area contributed by atoms with Gasteiger partial charge >= 0.3 is 0 Å². The molecular formula is C9H18O3S. The highest BCUT2D eigenvalue weighted by Gasteiger charge is 2.32. The minimum Gasteiger partial charge on any atom is -0.395 e. The number of aliphatic hydroxyl groups is 1. The topological polar surface area (TPSA) is 46.5 Å². The van der Waals surface area contributed by atoms with E-state index in [9.17, 15) is 4.21 Å². The standard InChI is InChI=1S/C9H18O3S/c1-9(2,7-10)13(11)8-3-5-12-6-4-8/h8,10H,3-7H2,1-2H3. The van der Waals surface area contributed by atoms with Crippen molar-refractivity contribution in [2.24, 2.45) is 0 Å². The molecule has 0 aromatic heterocycles. The summed E-state index contributed by atoms with van der Waals surface area (Å²) in [6.45, 7) is 5.09. The zero-order valence-electron chi connectivity index (χ0n) is 8.28. The van der Waals surface area contributed by atoms with Crippen molar-refractivity contribution in [1.29, 1.82) is 0 Å². The van der Waals surface area contributed by atoms with Gasteiger partial charge in [0.15, 0.2) is 0 Å². The SMILES string of the molecule is CC(C)(CO)S(=O)C1CCOCC1. The van der Waals surface area contributed by atoms with E-state index in [-0.39, 0.29) is 11.9 Å². The smallest absolute Gasteiger partial charge is 0.0636 e. The monoisotopic (exact) mass is 206 g/mol. The van der Waals surface area contributed by atoms with Crippen molar-refractivity contribution < 1.29 is 14.1 Å².